The van der Waals surface area contributed by atoms with Crippen molar-refractivity contribution in [3.05, 3.63) is 17.7 Å². The van der Waals surface area contributed by atoms with E-state index >= 15 is 0 Å². The third kappa shape index (κ3) is 12.0. The molecule has 224 valence electrons. The van der Waals surface area contributed by atoms with Crippen LogP contribution >= 0.6 is 0 Å². The molecule has 0 aliphatic rings. The van der Waals surface area contributed by atoms with Crippen LogP contribution in [0.15, 0.2) is 12.1 Å². The van der Waals surface area contributed by atoms with Crippen LogP contribution in [0.3, 0.4) is 0 Å². The van der Waals surface area contributed by atoms with Gasteiger partial charge in [0.2, 0.25) is 5.75 Å². The van der Waals surface area contributed by atoms with E-state index in [1.54, 1.807) is 12.1 Å². The van der Waals surface area contributed by atoms with Gasteiger partial charge in [-0.05, 0) is 31.4 Å². The van der Waals surface area contributed by atoms with E-state index < -0.39 is 42.8 Å². The second kappa shape index (κ2) is 19.4. The molecule has 2 amide bonds. The molecule has 0 heterocycles. The number of ether oxygens (including phenoxy) is 3. The van der Waals surface area contributed by atoms with Gasteiger partial charge in [0.1, 0.15) is 18.3 Å². The van der Waals surface area contributed by atoms with E-state index in [2.05, 4.69) is 17.6 Å². The molecule has 0 aliphatic carbocycles. The first-order valence-corrected chi connectivity index (χ1v) is 13.7. The zero-order chi connectivity index (χ0) is 29.2. The average Bonchev–Trinajstić information content (AvgIpc) is 2.94. The molecule has 0 spiro atoms. The summed E-state index contributed by atoms with van der Waals surface area (Å²) in [5.74, 6) is -0.194. The first-order valence-electron chi connectivity index (χ1n) is 13.7. The van der Waals surface area contributed by atoms with Crippen LogP contribution in [0.25, 0.3) is 0 Å². The molecule has 12 heteroatoms. The Bertz CT molecular complexity index is 823. The van der Waals surface area contributed by atoms with Crippen molar-refractivity contribution < 1.29 is 49.3 Å². The Morgan fingerprint density at radius 2 is 1.26 bits per heavy atom. The minimum Gasteiger partial charge on any atom is -0.490 e. The fourth-order valence-corrected chi connectivity index (χ4v) is 3.28. The van der Waals surface area contributed by atoms with E-state index in [0.29, 0.717) is 37.1 Å². The number of aliphatic hydroxyl groups is 5. The molecule has 0 aliphatic heterocycles. The van der Waals surface area contributed by atoms with Gasteiger partial charge < -0.3 is 50.4 Å². The second-order valence-corrected chi connectivity index (χ2v) is 9.13. The zero-order valence-electron chi connectivity index (χ0n) is 23.2. The molecule has 1 aromatic rings. The van der Waals surface area contributed by atoms with Gasteiger partial charge in [-0.2, -0.15) is 0 Å². The average molecular weight is 559 g/mol. The summed E-state index contributed by atoms with van der Waals surface area (Å²) in [7, 11) is 0. The molecule has 4 atom stereocenters. The Balaban J connectivity index is 2.90. The lowest BCUT2D eigenvalue weighted by Gasteiger charge is -2.24. The molecule has 0 saturated heterocycles. The SMILES string of the molecule is CCCCOc1cc(C(=O)NCCNC(=O)[C@@H](O)[C@H](O)[C@H](O)[C@H](O)CO)cc(OCCCC)c1OCCCC. The van der Waals surface area contributed by atoms with Crippen molar-refractivity contribution in [1.29, 1.82) is 0 Å². The number of carbonyl (C=O) groups excluding carboxylic acids is 2. The molecule has 39 heavy (non-hydrogen) atoms. The minimum absolute atomic E-state index is 0.0119. The maximum absolute atomic E-state index is 12.9. The molecule has 12 nitrogen and oxygen atoms in total. The molecular weight excluding hydrogens is 512 g/mol. The van der Waals surface area contributed by atoms with Crippen molar-refractivity contribution >= 4 is 11.8 Å². The van der Waals surface area contributed by atoms with Crippen LogP contribution in [0.4, 0.5) is 0 Å². The topological polar surface area (TPSA) is 187 Å². The number of aliphatic hydroxyl groups excluding tert-OH is 5. The van der Waals surface area contributed by atoms with E-state index in [9.17, 15) is 30.0 Å². The maximum atomic E-state index is 12.9. The normalized spacial score (nSPS) is 14.2. The van der Waals surface area contributed by atoms with Crippen molar-refractivity contribution in [2.24, 2.45) is 0 Å². The lowest BCUT2D eigenvalue weighted by molar-refractivity contribution is -0.148. The molecule has 0 bridgehead atoms. The molecule has 1 rings (SSSR count). The molecule has 7 N–H and O–H groups in total. The van der Waals surface area contributed by atoms with E-state index in [0.717, 1.165) is 38.5 Å². The van der Waals surface area contributed by atoms with Crippen molar-refractivity contribution in [2.75, 3.05) is 39.5 Å². The van der Waals surface area contributed by atoms with Crippen LogP contribution in [0.5, 0.6) is 17.2 Å². The third-order valence-electron chi connectivity index (χ3n) is 5.77. The van der Waals surface area contributed by atoms with Gasteiger partial charge >= 0.3 is 0 Å². The third-order valence-corrected chi connectivity index (χ3v) is 5.77. The van der Waals surface area contributed by atoms with Crippen LogP contribution in [-0.2, 0) is 4.79 Å². The lowest BCUT2D eigenvalue weighted by Crippen LogP contribution is -2.52. The van der Waals surface area contributed by atoms with Crippen LogP contribution in [0, 0.1) is 0 Å². The Kier molecular flexibility index (Phi) is 17.1. The standard InChI is InChI=1S/C27H46N2O10/c1-4-7-12-37-20-15-18(16-21(38-13-8-5-2)25(20)39-14-9-6-3)26(35)28-10-11-29-27(36)24(34)23(33)22(32)19(31)17-30/h15-16,19,22-24,30-34H,4-14,17H2,1-3H3,(H,28,35)(H,29,36)/t19-,22-,23-,24+/m1/s1. The summed E-state index contributed by atoms with van der Waals surface area (Å²) in [4.78, 5) is 25.0. The molecule has 0 fully saturated rings. The van der Waals surface area contributed by atoms with E-state index in [1.807, 2.05) is 13.8 Å². The Morgan fingerprint density at radius 3 is 1.74 bits per heavy atom. The van der Waals surface area contributed by atoms with Gasteiger partial charge in [0.25, 0.3) is 11.8 Å². The summed E-state index contributed by atoms with van der Waals surface area (Å²) in [6.45, 7) is 6.56. The first-order chi connectivity index (χ1) is 18.7. The Morgan fingerprint density at radius 1 is 0.769 bits per heavy atom. The number of nitrogens with one attached hydrogen (secondary N) is 2. The summed E-state index contributed by atoms with van der Waals surface area (Å²) in [6.07, 6.45) is -2.39. The first kappa shape index (κ1) is 34.4. The number of unbranched alkanes of at least 4 members (excludes halogenated alkanes) is 3. The molecule has 1 aromatic carbocycles. The van der Waals surface area contributed by atoms with Crippen LogP contribution in [0.2, 0.25) is 0 Å². The molecule has 0 radical (unpaired) electrons. The Hall–Kier alpha value is -2.64. The van der Waals surface area contributed by atoms with Gasteiger partial charge in [0.15, 0.2) is 17.6 Å². The van der Waals surface area contributed by atoms with Gasteiger partial charge in [0.05, 0.1) is 26.4 Å². The zero-order valence-corrected chi connectivity index (χ0v) is 23.2. The molecule has 0 unspecified atom stereocenters. The van der Waals surface area contributed by atoms with Gasteiger partial charge in [-0.25, -0.2) is 0 Å². The van der Waals surface area contributed by atoms with Gasteiger partial charge in [-0.15, -0.1) is 0 Å². The van der Waals surface area contributed by atoms with E-state index in [-0.39, 0.29) is 18.7 Å². The van der Waals surface area contributed by atoms with Crippen LogP contribution in [0.1, 0.15) is 69.7 Å². The number of carbonyl (C=O) groups is 2. The largest absolute Gasteiger partial charge is 0.490 e. The number of benzene rings is 1. The van der Waals surface area contributed by atoms with Gasteiger partial charge in [-0.3, -0.25) is 9.59 Å². The van der Waals surface area contributed by atoms with Crippen molar-refractivity contribution in [3.63, 3.8) is 0 Å². The highest BCUT2D eigenvalue weighted by molar-refractivity contribution is 5.95. The number of rotatable bonds is 21. The van der Waals surface area contributed by atoms with Gasteiger partial charge in [0, 0.05) is 18.7 Å². The van der Waals surface area contributed by atoms with Crippen molar-refractivity contribution in [2.45, 2.75) is 83.7 Å². The van der Waals surface area contributed by atoms with Crippen molar-refractivity contribution in [1.82, 2.24) is 10.6 Å². The number of hydrogen-bond acceptors (Lipinski definition) is 10. The van der Waals surface area contributed by atoms with Crippen LogP contribution < -0.4 is 24.8 Å². The highest BCUT2D eigenvalue weighted by atomic mass is 16.5. The smallest absolute Gasteiger partial charge is 0.251 e. The maximum Gasteiger partial charge on any atom is 0.251 e. The second-order valence-electron chi connectivity index (χ2n) is 9.13. The lowest BCUT2D eigenvalue weighted by atomic mass is 10.0. The molecule has 0 aromatic heterocycles. The highest BCUT2D eigenvalue weighted by Crippen LogP contribution is 2.39. The number of hydrogen-bond donors (Lipinski definition) is 7. The van der Waals surface area contributed by atoms with E-state index in [1.165, 1.54) is 0 Å². The van der Waals surface area contributed by atoms with E-state index in [4.69, 9.17) is 19.3 Å². The predicted molar refractivity (Wildman–Crippen MR) is 144 cm³/mol. The van der Waals surface area contributed by atoms with Crippen molar-refractivity contribution in [3.8, 4) is 17.2 Å². The summed E-state index contributed by atoms with van der Waals surface area (Å²) in [5.41, 5.74) is 0.277. The number of amides is 2. The fourth-order valence-electron chi connectivity index (χ4n) is 3.28. The molecular formula is C27H46N2O10. The Labute approximate surface area is 230 Å². The van der Waals surface area contributed by atoms with Crippen LogP contribution in [-0.4, -0.2) is 101 Å². The summed E-state index contributed by atoms with van der Waals surface area (Å²) in [5, 5.41) is 52.5. The summed E-state index contributed by atoms with van der Waals surface area (Å²) < 4.78 is 17.9. The quantitative estimate of drug-likeness (QED) is 0.105. The fraction of sp³-hybridized carbons (Fsp3) is 0.704. The van der Waals surface area contributed by atoms with Gasteiger partial charge in [-0.1, -0.05) is 40.0 Å². The minimum atomic E-state index is -2.05. The highest BCUT2D eigenvalue weighted by Gasteiger charge is 2.34. The molecule has 0 saturated carbocycles. The predicted octanol–water partition coefficient (Wildman–Crippen LogP) is 0.505. The summed E-state index contributed by atoms with van der Waals surface area (Å²) in [6, 6.07) is 3.18. The monoisotopic (exact) mass is 558 g/mol. The summed E-state index contributed by atoms with van der Waals surface area (Å²) >= 11 is 0.